The Morgan fingerprint density at radius 3 is 1.35 bits per heavy atom. The van der Waals surface area contributed by atoms with Crippen LogP contribution in [0.3, 0.4) is 0 Å². The SMILES string of the molecule is Cn1cc(-c2cc[n+]3c(c2)C(C)(C)c2cc(C(=O)[N+]4(SS[N+]5(C(=O)c6ccc7c(c6)C(C)(C)c6cc(-c8cn(C)c9ccccc89)cc[n+]6-7)CC5)CC4)ccc2-3)c2ccccc21. The molecule has 0 aliphatic carbocycles. The summed E-state index contributed by atoms with van der Waals surface area (Å²) in [7, 11) is 7.34. The lowest BCUT2D eigenvalue weighted by Gasteiger charge is -2.18. The molecule has 0 unspecified atom stereocenters. The maximum Gasteiger partial charge on any atom is 0.358 e. The Kier molecular flexibility index (Phi) is 7.89. The number of benzene rings is 4. The Morgan fingerprint density at radius 1 is 0.548 bits per heavy atom. The third-order valence-corrected chi connectivity index (χ3v) is 17.9. The zero-order valence-corrected chi connectivity index (χ0v) is 37.5. The molecule has 2 amide bonds. The lowest BCUT2D eigenvalue weighted by Crippen LogP contribution is -2.34. The van der Waals surface area contributed by atoms with Crippen LogP contribution in [0, 0.1) is 0 Å². The van der Waals surface area contributed by atoms with Crippen molar-refractivity contribution in [2.75, 3.05) is 26.2 Å². The second-order valence-corrected chi connectivity index (χ2v) is 21.4. The number of para-hydroxylation sites is 2. The number of aromatic nitrogens is 4. The zero-order valence-electron chi connectivity index (χ0n) is 35.8. The van der Waals surface area contributed by atoms with E-state index < -0.39 is 0 Å². The molecule has 306 valence electrons. The minimum absolute atomic E-state index is 0.114. The van der Waals surface area contributed by atoms with Crippen LogP contribution >= 0.6 is 22.0 Å². The Bertz CT molecular complexity index is 3080. The molecule has 0 spiro atoms. The van der Waals surface area contributed by atoms with E-state index in [0.29, 0.717) is 7.78 Å². The van der Waals surface area contributed by atoms with Crippen molar-refractivity contribution in [3.63, 3.8) is 0 Å². The van der Waals surface area contributed by atoms with Gasteiger partial charge >= 0.3 is 11.8 Å². The van der Waals surface area contributed by atoms with Crippen molar-refractivity contribution in [1.82, 2.24) is 9.13 Å². The van der Waals surface area contributed by atoms with Gasteiger partial charge in [0.25, 0.3) is 0 Å². The smallest absolute Gasteiger partial charge is 0.350 e. The molecule has 2 saturated heterocycles. The molecule has 0 atom stereocenters. The summed E-state index contributed by atoms with van der Waals surface area (Å²) >= 11 is 0. The van der Waals surface area contributed by atoms with E-state index in [0.717, 1.165) is 59.8 Å². The van der Waals surface area contributed by atoms with Crippen LogP contribution in [0.1, 0.15) is 70.9 Å². The molecule has 0 bridgehead atoms. The molecule has 8 aromatic rings. The number of nitrogens with zero attached hydrogens (tertiary/aromatic N) is 6. The van der Waals surface area contributed by atoms with Crippen LogP contribution in [-0.4, -0.2) is 54.9 Å². The number of aryl methyl sites for hydroxylation is 2. The van der Waals surface area contributed by atoms with Crippen LogP contribution in [-0.2, 0) is 24.9 Å². The maximum atomic E-state index is 14.5. The number of carbonyl (C=O) groups is 2. The third kappa shape index (κ3) is 5.36. The Balaban J connectivity index is 0.776. The lowest BCUT2D eigenvalue weighted by molar-refractivity contribution is -0.600. The summed E-state index contributed by atoms with van der Waals surface area (Å²) in [5.41, 5.74) is 15.1. The van der Waals surface area contributed by atoms with E-state index >= 15 is 0 Å². The Labute approximate surface area is 369 Å². The van der Waals surface area contributed by atoms with Gasteiger partial charge in [-0.15, -0.1) is 0 Å². The van der Waals surface area contributed by atoms with Crippen LogP contribution in [0.4, 0.5) is 0 Å². The normalized spacial score (nSPS) is 17.7. The predicted octanol–water partition coefficient (Wildman–Crippen LogP) is 9.69. The molecule has 2 fully saturated rings. The van der Waals surface area contributed by atoms with E-state index in [1.165, 1.54) is 55.4 Å². The molecule has 8 nitrogen and oxygen atoms in total. The van der Waals surface area contributed by atoms with Crippen molar-refractivity contribution in [2.45, 2.75) is 38.5 Å². The van der Waals surface area contributed by atoms with Crippen molar-refractivity contribution in [3.05, 3.63) is 168 Å². The van der Waals surface area contributed by atoms with Gasteiger partial charge in [0.05, 0.1) is 22.0 Å². The second kappa shape index (κ2) is 12.9. The minimum Gasteiger partial charge on any atom is -0.350 e. The molecule has 0 saturated carbocycles. The van der Waals surface area contributed by atoms with E-state index in [1.54, 1.807) is 22.0 Å². The summed E-state index contributed by atoms with van der Waals surface area (Å²) in [6, 6.07) is 38.7. The van der Waals surface area contributed by atoms with Crippen LogP contribution in [0.15, 0.2) is 134 Å². The number of rotatable bonds is 7. The van der Waals surface area contributed by atoms with Gasteiger partial charge in [0.2, 0.25) is 33.3 Å². The molecule has 10 heteroatoms. The highest BCUT2D eigenvalue weighted by molar-refractivity contribution is 8.72. The van der Waals surface area contributed by atoms with Crippen LogP contribution in [0.2, 0.25) is 0 Å². The minimum atomic E-state index is -0.303. The van der Waals surface area contributed by atoms with E-state index in [4.69, 9.17) is 0 Å². The number of amides is 2. The molecule has 0 radical (unpaired) electrons. The van der Waals surface area contributed by atoms with Crippen molar-refractivity contribution in [2.24, 2.45) is 14.1 Å². The first-order valence-electron chi connectivity index (χ1n) is 21.5. The summed E-state index contributed by atoms with van der Waals surface area (Å²) < 4.78 is 9.55. The van der Waals surface area contributed by atoms with E-state index in [1.807, 2.05) is 12.1 Å². The predicted molar refractivity (Wildman–Crippen MR) is 248 cm³/mol. The molecule has 62 heavy (non-hydrogen) atoms. The first kappa shape index (κ1) is 37.9. The molecule has 4 aliphatic heterocycles. The molecule has 12 rings (SSSR count). The molecular formula is C52H48N6O2S2+4. The molecule has 4 aromatic heterocycles. The summed E-state index contributed by atoms with van der Waals surface area (Å²) in [5.74, 6) is 0.228. The number of hydrogen-bond acceptors (Lipinski definition) is 4. The van der Waals surface area contributed by atoms with Gasteiger partial charge in [-0.3, -0.25) is 0 Å². The fourth-order valence-corrected chi connectivity index (χ4v) is 13.4. The van der Waals surface area contributed by atoms with Crippen molar-refractivity contribution in [3.8, 4) is 33.6 Å². The highest BCUT2D eigenvalue weighted by Gasteiger charge is 2.61. The van der Waals surface area contributed by atoms with E-state index in [9.17, 15) is 9.59 Å². The highest BCUT2D eigenvalue weighted by Crippen LogP contribution is 2.53. The van der Waals surface area contributed by atoms with E-state index in [-0.39, 0.29) is 22.6 Å². The number of hydrogen-bond donors (Lipinski definition) is 0. The average molecular weight is 853 g/mol. The number of pyridine rings is 2. The van der Waals surface area contributed by atoms with Gasteiger partial charge in [0.1, 0.15) is 26.2 Å². The number of fused-ring (bicyclic) bond motifs is 8. The summed E-state index contributed by atoms with van der Waals surface area (Å²) in [6.07, 6.45) is 8.80. The fourth-order valence-electron chi connectivity index (χ4n) is 10.3. The maximum absolute atomic E-state index is 14.5. The highest BCUT2D eigenvalue weighted by atomic mass is 33.1. The number of quaternary nitrogens is 2. The molecule has 0 N–H and O–H groups in total. The molecule has 4 aliphatic rings. The van der Waals surface area contributed by atoms with E-state index in [2.05, 4.69) is 182 Å². The number of carbonyl (C=O) groups excluding carboxylic acids is 2. The second-order valence-electron chi connectivity index (χ2n) is 18.8. The van der Waals surface area contributed by atoms with Gasteiger partial charge in [-0.1, -0.05) is 36.4 Å². The van der Waals surface area contributed by atoms with Gasteiger partial charge in [0.15, 0.2) is 23.8 Å². The van der Waals surface area contributed by atoms with Gasteiger partial charge < -0.3 is 9.13 Å². The van der Waals surface area contributed by atoms with Gasteiger partial charge in [-0.2, -0.15) is 16.9 Å². The zero-order chi connectivity index (χ0) is 42.5. The van der Waals surface area contributed by atoms with Crippen molar-refractivity contribution >= 4 is 55.6 Å². The summed E-state index contributed by atoms with van der Waals surface area (Å²) in [5, 5.41) is 2.48. The van der Waals surface area contributed by atoms with Crippen LogP contribution in [0.25, 0.3) is 55.4 Å². The first-order valence-corrected chi connectivity index (χ1v) is 23.6. The molecular weight excluding hydrogens is 805 g/mol. The fraction of sp³-hybridized carbons (Fsp3) is 0.231. The first-order chi connectivity index (χ1) is 29.8. The Morgan fingerprint density at radius 2 is 0.952 bits per heavy atom. The van der Waals surface area contributed by atoms with Crippen LogP contribution < -0.4 is 9.13 Å². The van der Waals surface area contributed by atoms with Gasteiger partial charge in [0, 0.05) is 107 Å². The monoisotopic (exact) mass is 852 g/mol. The summed E-state index contributed by atoms with van der Waals surface area (Å²) in [4.78, 5) is 29.0. The lowest BCUT2D eigenvalue weighted by atomic mass is 9.82. The topological polar surface area (TPSA) is 51.8 Å². The molecule has 8 heterocycles. The third-order valence-electron chi connectivity index (χ3n) is 14.3. The standard InChI is InChI=1S/C52H48N6O2S2/c1-51(2)41-27-35(15-17-45(41)55-21-19-33(29-47(51)55)39-31-53(5)43-13-9-7-11-37(39)43)49(59)57(23-24-57)61-62-58(25-26-58)50(60)36-16-18-46-42(28-36)52(3,4)48-30-34(20-22-56(46)48)40-32-54(6)44-14-10-8-12-38(40)44/h7-22,27-32H,23-26H2,1-6H3/q+4. The molecule has 4 aromatic carbocycles. The Hall–Kier alpha value is -5.78. The van der Waals surface area contributed by atoms with Gasteiger partial charge in [-0.05, 0) is 75.2 Å². The largest absolute Gasteiger partial charge is 0.358 e. The van der Waals surface area contributed by atoms with Crippen molar-refractivity contribution < 1.29 is 26.5 Å². The quantitative estimate of drug-likeness (QED) is 0.0527. The van der Waals surface area contributed by atoms with Gasteiger partial charge in [-0.25, -0.2) is 9.59 Å². The van der Waals surface area contributed by atoms with Crippen LogP contribution in [0.5, 0.6) is 0 Å². The van der Waals surface area contributed by atoms with Crippen molar-refractivity contribution in [1.29, 1.82) is 0 Å². The average Bonchev–Trinajstić information content (AvgIpc) is 4.18. The summed E-state index contributed by atoms with van der Waals surface area (Å²) in [6.45, 7) is 12.1.